The van der Waals surface area contributed by atoms with Gasteiger partial charge in [-0.3, -0.25) is 4.98 Å². The lowest BCUT2D eigenvalue weighted by molar-refractivity contribution is 0.141. The van der Waals surface area contributed by atoms with Crippen LogP contribution in [0.2, 0.25) is 0 Å². The fraction of sp³-hybridized carbons (Fsp3) is 0.242. The van der Waals surface area contributed by atoms with Crippen LogP contribution in [-0.4, -0.2) is 28.2 Å². The topological polar surface area (TPSA) is 57.1 Å². The quantitative estimate of drug-likeness (QED) is 0.228. The second kappa shape index (κ2) is 11.3. The number of nitrogens with zero attached hydrogens (tertiary/aromatic N) is 3. The van der Waals surface area contributed by atoms with E-state index in [-0.39, 0.29) is 5.82 Å². The van der Waals surface area contributed by atoms with Crippen molar-refractivity contribution in [2.45, 2.75) is 32.6 Å². The van der Waals surface area contributed by atoms with Gasteiger partial charge in [0.15, 0.2) is 0 Å². The third-order valence-corrected chi connectivity index (χ3v) is 7.36. The fourth-order valence-electron chi connectivity index (χ4n) is 5.30. The number of rotatable bonds is 6. The third kappa shape index (κ3) is 5.66. The van der Waals surface area contributed by atoms with E-state index in [4.69, 9.17) is 9.47 Å². The van der Waals surface area contributed by atoms with Crippen LogP contribution in [-0.2, 0) is 11.2 Å². The van der Waals surface area contributed by atoms with E-state index in [1.807, 2.05) is 48.5 Å². The van der Waals surface area contributed by atoms with Crippen LogP contribution < -0.4 is 4.74 Å². The summed E-state index contributed by atoms with van der Waals surface area (Å²) < 4.78 is 25.9. The Labute approximate surface area is 227 Å². The molecule has 1 fully saturated rings. The molecule has 0 bridgehead atoms. The highest BCUT2D eigenvalue weighted by Gasteiger charge is 2.15. The normalized spacial score (nSPS) is 15.7. The lowest BCUT2D eigenvalue weighted by Crippen LogP contribution is -2.05. The maximum absolute atomic E-state index is 13.9. The van der Waals surface area contributed by atoms with E-state index in [1.54, 1.807) is 19.2 Å². The second-order valence-corrected chi connectivity index (χ2v) is 10.1. The number of pyridine rings is 1. The largest absolute Gasteiger partial charge is 0.438 e. The first-order chi connectivity index (χ1) is 19.1. The molecule has 3 heterocycles. The number of hydrogen-bond acceptors (Lipinski definition) is 5. The van der Waals surface area contributed by atoms with Crippen LogP contribution in [0, 0.1) is 18.7 Å². The average Bonchev–Trinajstić information content (AvgIpc) is 3.23. The van der Waals surface area contributed by atoms with Crippen LogP contribution in [0.4, 0.5) is 4.39 Å². The number of benzene rings is 3. The predicted octanol–water partition coefficient (Wildman–Crippen LogP) is 7.96. The van der Waals surface area contributed by atoms with Crippen molar-refractivity contribution in [3.05, 3.63) is 102 Å². The molecule has 1 saturated heterocycles. The summed E-state index contributed by atoms with van der Waals surface area (Å²) in [6.45, 7) is 3.47. The highest BCUT2D eigenvalue weighted by molar-refractivity contribution is 5.91. The zero-order chi connectivity index (χ0) is 26.6. The summed E-state index contributed by atoms with van der Waals surface area (Å²) in [7, 11) is 0. The fourth-order valence-corrected chi connectivity index (χ4v) is 5.30. The molecule has 0 amide bonds. The smallest absolute Gasteiger partial charge is 0.230 e. The molecule has 0 spiro atoms. The summed E-state index contributed by atoms with van der Waals surface area (Å²) in [6, 6.07) is 23.3. The summed E-state index contributed by atoms with van der Waals surface area (Å²) in [4.78, 5) is 13.6. The average molecular weight is 520 g/mol. The van der Waals surface area contributed by atoms with E-state index in [2.05, 4.69) is 27.1 Å². The number of fused-ring (bicyclic) bond motifs is 1. The maximum Gasteiger partial charge on any atom is 0.230 e. The van der Waals surface area contributed by atoms with E-state index in [0.717, 1.165) is 71.5 Å². The van der Waals surface area contributed by atoms with Gasteiger partial charge < -0.3 is 9.47 Å². The molecule has 3 aromatic carbocycles. The van der Waals surface area contributed by atoms with Crippen LogP contribution in [0.5, 0.6) is 11.6 Å². The van der Waals surface area contributed by atoms with Gasteiger partial charge in [0, 0.05) is 30.5 Å². The highest BCUT2D eigenvalue weighted by atomic mass is 19.1. The molecule has 0 N–H and O–H groups in total. The molecule has 1 aliphatic rings. The summed E-state index contributed by atoms with van der Waals surface area (Å²) in [6.07, 6.45) is 7.71. The van der Waals surface area contributed by atoms with Crippen LogP contribution in [0.3, 0.4) is 0 Å². The Bertz CT molecular complexity index is 1610. The van der Waals surface area contributed by atoms with E-state index >= 15 is 0 Å². The van der Waals surface area contributed by atoms with Crippen molar-refractivity contribution in [2.24, 2.45) is 5.92 Å². The Balaban J connectivity index is 1.32. The highest BCUT2D eigenvalue weighted by Crippen LogP contribution is 2.35. The van der Waals surface area contributed by atoms with Gasteiger partial charge in [0.05, 0.1) is 16.6 Å². The minimum Gasteiger partial charge on any atom is -0.438 e. The summed E-state index contributed by atoms with van der Waals surface area (Å²) >= 11 is 0. The lowest BCUT2D eigenvalue weighted by atomic mass is 9.93. The molecular weight excluding hydrogens is 489 g/mol. The molecule has 5 aromatic rings. The zero-order valence-electron chi connectivity index (χ0n) is 21.9. The first-order valence-electron chi connectivity index (χ1n) is 13.5. The molecule has 0 radical (unpaired) electrons. The van der Waals surface area contributed by atoms with E-state index in [9.17, 15) is 4.39 Å². The lowest BCUT2D eigenvalue weighted by Gasteiger charge is -2.14. The molecule has 2 aromatic heterocycles. The van der Waals surface area contributed by atoms with Gasteiger partial charge >= 0.3 is 0 Å². The molecule has 1 aliphatic heterocycles. The summed E-state index contributed by atoms with van der Waals surface area (Å²) in [5.41, 5.74) is 6.18. The predicted molar refractivity (Wildman–Crippen MR) is 151 cm³/mol. The van der Waals surface area contributed by atoms with Gasteiger partial charge in [0.25, 0.3) is 0 Å². The number of hydrogen-bond donors (Lipinski definition) is 0. The van der Waals surface area contributed by atoms with Crippen molar-refractivity contribution in [2.75, 3.05) is 13.2 Å². The maximum atomic E-state index is 13.9. The van der Waals surface area contributed by atoms with E-state index in [0.29, 0.717) is 17.4 Å². The second-order valence-electron chi connectivity index (χ2n) is 10.1. The van der Waals surface area contributed by atoms with Crippen molar-refractivity contribution in [1.29, 1.82) is 0 Å². The van der Waals surface area contributed by atoms with E-state index < -0.39 is 0 Å². The molecule has 5 nitrogen and oxygen atoms in total. The molecule has 6 rings (SSSR count). The number of aromatic nitrogens is 3. The number of halogens is 1. The van der Waals surface area contributed by atoms with Crippen LogP contribution in [0.1, 0.15) is 30.4 Å². The van der Waals surface area contributed by atoms with Gasteiger partial charge in [-0.15, -0.1) is 0 Å². The summed E-state index contributed by atoms with van der Waals surface area (Å²) in [5.74, 6) is 1.66. The van der Waals surface area contributed by atoms with Gasteiger partial charge in [-0.1, -0.05) is 24.3 Å². The molecule has 0 aliphatic carbocycles. The monoisotopic (exact) mass is 519 g/mol. The van der Waals surface area contributed by atoms with Crippen LogP contribution in [0.15, 0.2) is 85.3 Å². The first-order valence-corrected chi connectivity index (χ1v) is 13.5. The van der Waals surface area contributed by atoms with Crippen molar-refractivity contribution in [3.63, 3.8) is 0 Å². The molecule has 196 valence electrons. The number of ether oxygens (including phenoxy) is 2. The van der Waals surface area contributed by atoms with Gasteiger partial charge in [-0.2, -0.15) is 0 Å². The van der Waals surface area contributed by atoms with Gasteiger partial charge in [0.1, 0.15) is 17.9 Å². The SMILES string of the molecule is Cc1cc(-c2ncccc2-c2ccc3ncnc(Oc4cccc(CC5CCCOCC5)c4)c3c2)ccc1F. The minimum atomic E-state index is -0.229. The van der Waals surface area contributed by atoms with Crippen molar-refractivity contribution in [3.8, 4) is 34.0 Å². The Morgan fingerprint density at radius 1 is 0.897 bits per heavy atom. The molecule has 1 atom stereocenters. The molecule has 0 saturated carbocycles. The Morgan fingerprint density at radius 3 is 2.74 bits per heavy atom. The van der Waals surface area contributed by atoms with E-state index in [1.165, 1.54) is 24.4 Å². The van der Waals surface area contributed by atoms with Crippen LogP contribution in [0.25, 0.3) is 33.3 Å². The Morgan fingerprint density at radius 2 is 1.82 bits per heavy atom. The molecule has 6 heteroatoms. The van der Waals surface area contributed by atoms with Crippen molar-refractivity contribution >= 4 is 10.9 Å². The van der Waals surface area contributed by atoms with Crippen LogP contribution >= 0.6 is 0 Å². The third-order valence-electron chi connectivity index (χ3n) is 7.36. The molecule has 39 heavy (non-hydrogen) atoms. The summed E-state index contributed by atoms with van der Waals surface area (Å²) in [5, 5.41) is 0.811. The molecular formula is C33H30FN3O2. The Hall–Kier alpha value is -4.16. The van der Waals surface area contributed by atoms with Crippen molar-refractivity contribution in [1.82, 2.24) is 15.0 Å². The minimum absolute atomic E-state index is 0.229. The van der Waals surface area contributed by atoms with Gasteiger partial charge in [-0.25, -0.2) is 14.4 Å². The Kier molecular flexibility index (Phi) is 7.28. The van der Waals surface area contributed by atoms with Gasteiger partial charge in [0.2, 0.25) is 5.88 Å². The van der Waals surface area contributed by atoms with Crippen molar-refractivity contribution < 1.29 is 13.9 Å². The zero-order valence-corrected chi connectivity index (χ0v) is 21.9. The molecule has 1 unspecified atom stereocenters. The standard InChI is InChI=1S/C33H30FN3O2/c1-22-17-26(9-11-30(22)34)32-28(8-3-14-35-32)25-10-12-31-29(20-25)33(37-21-36-31)39-27-7-2-5-24(19-27)18-23-6-4-15-38-16-13-23/h2-3,5,7-12,14,17,19-21,23H,4,6,13,15-16,18H2,1H3. The van der Waals surface area contributed by atoms with Gasteiger partial charge in [-0.05, 0) is 104 Å². The number of aryl methyl sites for hydroxylation is 1. The first kappa shape index (κ1) is 25.1.